The van der Waals surface area contributed by atoms with Gasteiger partial charge in [0.05, 0.1) is 18.4 Å². The van der Waals surface area contributed by atoms with E-state index in [9.17, 15) is 4.79 Å². The number of amides is 1. The van der Waals surface area contributed by atoms with Crippen LogP contribution in [-0.2, 0) is 12.0 Å². The lowest BCUT2D eigenvalue weighted by Crippen LogP contribution is -2.24. The van der Waals surface area contributed by atoms with Crippen LogP contribution in [0.5, 0.6) is 5.75 Å². The quantitative estimate of drug-likeness (QED) is 0.371. The van der Waals surface area contributed by atoms with Crippen molar-refractivity contribution in [2.75, 3.05) is 12.4 Å². The maximum Gasteiger partial charge on any atom is 0.255 e. The lowest BCUT2D eigenvalue weighted by atomic mass is 9.92. The van der Waals surface area contributed by atoms with Crippen LogP contribution in [0.2, 0.25) is 0 Å². The van der Waals surface area contributed by atoms with Crippen LogP contribution in [0.4, 0.5) is 11.6 Å². The summed E-state index contributed by atoms with van der Waals surface area (Å²) in [6.07, 6.45) is 1.66. The van der Waals surface area contributed by atoms with Gasteiger partial charge < -0.3 is 15.4 Å². The number of carbonyl (C=O) groups excluding carboxylic acids is 1. The van der Waals surface area contributed by atoms with Crippen molar-refractivity contribution in [2.24, 2.45) is 0 Å². The fourth-order valence-electron chi connectivity index (χ4n) is 3.76. The van der Waals surface area contributed by atoms with Gasteiger partial charge in [-0.2, -0.15) is 5.10 Å². The molecular formula is C28H31N5O2. The average molecular weight is 470 g/mol. The molecule has 0 aliphatic carbocycles. The number of methoxy groups -OCH3 is 1. The predicted molar refractivity (Wildman–Crippen MR) is 139 cm³/mol. The van der Waals surface area contributed by atoms with Crippen molar-refractivity contribution in [3.05, 3.63) is 95.3 Å². The number of anilines is 2. The van der Waals surface area contributed by atoms with Gasteiger partial charge in [0, 0.05) is 24.2 Å². The third-order valence-corrected chi connectivity index (χ3v) is 5.70. The topological polar surface area (TPSA) is 81.1 Å². The summed E-state index contributed by atoms with van der Waals surface area (Å²) in [6.45, 7) is 8.79. The SMILES string of the molecule is COc1cccc(C)c1-n1nc(C(C)(C)C)cc1Nc1ncccc1C(=O)NCc1ccccc1. The molecule has 2 aromatic carbocycles. The molecule has 2 aromatic heterocycles. The van der Waals surface area contributed by atoms with E-state index in [1.54, 1.807) is 25.4 Å². The fourth-order valence-corrected chi connectivity index (χ4v) is 3.76. The molecule has 2 N–H and O–H groups in total. The Bertz CT molecular complexity index is 1320. The van der Waals surface area contributed by atoms with Crippen molar-refractivity contribution < 1.29 is 9.53 Å². The monoisotopic (exact) mass is 469 g/mol. The molecule has 2 heterocycles. The third-order valence-electron chi connectivity index (χ3n) is 5.70. The fraction of sp³-hybridized carbons (Fsp3) is 0.250. The van der Waals surface area contributed by atoms with Gasteiger partial charge in [0.25, 0.3) is 5.91 Å². The van der Waals surface area contributed by atoms with E-state index in [0.29, 0.717) is 29.5 Å². The van der Waals surface area contributed by atoms with Crippen molar-refractivity contribution >= 4 is 17.5 Å². The molecule has 0 aliphatic rings. The van der Waals surface area contributed by atoms with Gasteiger partial charge in [0.15, 0.2) is 0 Å². The van der Waals surface area contributed by atoms with Crippen molar-refractivity contribution in [1.29, 1.82) is 0 Å². The van der Waals surface area contributed by atoms with Crippen LogP contribution in [0.25, 0.3) is 5.69 Å². The maximum absolute atomic E-state index is 13.1. The van der Waals surface area contributed by atoms with E-state index in [2.05, 4.69) is 36.4 Å². The standard InChI is InChI=1S/C28H31N5O2/c1-19-11-9-15-22(35-5)25(19)33-24(17-23(32-33)28(2,3)4)31-26-21(14-10-16-29-26)27(34)30-18-20-12-7-6-8-13-20/h6-17H,18H2,1-5H3,(H,29,31)(H,30,34). The predicted octanol–water partition coefficient (Wildman–Crippen LogP) is 5.56. The Hall–Kier alpha value is -4.13. The molecule has 0 fully saturated rings. The summed E-state index contributed by atoms with van der Waals surface area (Å²) in [5.41, 5.74) is 4.04. The van der Waals surface area contributed by atoms with Gasteiger partial charge in [-0.15, -0.1) is 0 Å². The van der Waals surface area contributed by atoms with Gasteiger partial charge in [-0.1, -0.05) is 63.2 Å². The highest BCUT2D eigenvalue weighted by molar-refractivity contribution is 5.99. The minimum Gasteiger partial charge on any atom is -0.494 e. The molecule has 0 spiro atoms. The number of hydrogen-bond donors (Lipinski definition) is 2. The summed E-state index contributed by atoms with van der Waals surface area (Å²) in [4.78, 5) is 17.5. The van der Waals surface area contributed by atoms with E-state index in [-0.39, 0.29) is 11.3 Å². The van der Waals surface area contributed by atoms with Crippen LogP contribution in [0, 0.1) is 6.92 Å². The number of carbonyl (C=O) groups is 1. The van der Waals surface area contributed by atoms with Crippen LogP contribution in [0.15, 0.2) is 72.9 Å². The Morgan fingerprint density at radius 3 is 2.51 bits per heavy atom. The molecular weight excluding hydrogens is 438 g/mol. The molecule has 0 saturated heterocycles. The molecule has 0 saturated carbocycles. The van der Waals surface area contributed by atoms with Crippen LogP contribution in [0.1, 0.15) is 48.0 Å². The summed E-state index contributed by atoms with van der Waals surface area (Å²) in [6, 6.07) is 21.2. The molecule has 0 radical (unpaired) electrons. The second kappa shape index (κ2) is 10.0. The van der Waals surface area contributed by atoms with Gasteiger partial charge in [0.1, 0.15) is 23.1 Å². The molecule has 7 heteroatoms. The molecule has 180 valence electrons. The minimum absolute atomic E-state index is 0.183. The Kier molecular flexibility index (Phi) is 6.87. The lowest BCUT2D eigenvalue weighted by molar-refractivity contribution is 0.0951. The first-order chi connectivity index (χ1) is 16.8. The molecule has 0 aliphatic heterocycles. The van der Waals surface area contributed by atoms with Crippen LogP contribution >= 0.6 is 0 Å². The average Bonchev–Trinajstić information content (AvgIpc) is 3.27. The smallest absolute Gasteiger partial charge is 0.255 e. The van der Waals surface area contributed by atoms with E-state index in [0.717, 1.165) is 22.5 Å². The van der Waals surface area contributed by atoms with Crippen molar-refractivity contribution in [3.8, 4) is 11.4 Å². The number of nitrogens with one attached hydrogen (secondary N) is 2. The normalized spacial score (nSPS) is 11.2. The number of rotatable bonds is 7. The summed E-state index contributed by atoms with van der Waals surface area (Å²) in [5, 5.41) is 11.3. The molecule has 4 aromatic rings. The van der Waals surface area contributed by atoms with Crippen LogP contribution in [0.3, 0.4) is 0 Å². The Labute approximate surface area is 206 Å². The zero-order valence-corrected chi connectivity index (χ0v) is 20.8. The van der Waals surface area contributed by atoms with E-state index in [1.807, 2.05) is 66.2 Å². The lowest BCUT2D eigenvalue weighted by Gasteiger charge is -2.16. The number of aromatic nitrogens is 3. The van der Waals surface area contributed by atoms with Crippen molar-refractivity contribution in [2.45, 2.75) is 39.7 Å². The second-order valence-electron chi connectivity index (χ2n) is 9.40. The number of hydrogen-bond acceptors (Lipinski definition) is 5. The molecule has 0 atom stereocenters. The summed E-state index contributed by atoms with van der Waals surface area (Å²) >= 11 is 0. The largest absolute Gasteiger partial charge is 0.494 e. The molecule has 4 rings (SSSR count). The van der Waals surface area contributed by atoms with Gasteiger partial charge in [-0.3, -0.25) is 4.79 Å². The van der Waals surface area contributed by atoms with E-state index < -0.39 is 0 Å². The molecule has 7 nitrogen and oxygen atoms in total. The number of pyridine rings is 1. The van der Waals surface area contributed by atoms with Gasteiger partial charge >= 0.3 is 0 Å². The highest BCUT2D eigenvalue weighted by Crippen LogP contribution is 2.33. The first-order valence-corrected chi connectivity index (χ1v) is 11.6. The first-order valence-electron chi connectivity index (χ1n) is 11.6. The molecule has 35 heavy (non-hydrogen) atoms. The Morgan fingerprint density at radius 2 is 1.80 bits per heavy atom. The highest BCUT2D eigenvalue weighted by atomic mass is 16.5. The maximum atomic E-state index is 13.1. The van der Waals surface area contributed by atoms with Crippen molar-refractivity contribution in [1.82, 2.24) is 20.1 Å². The number of benzene rings is 2. The van der Waals surface area contributed by atoms with Gasteiger partial charge in [-0.05, 0) is 36.2 Å². The van der Waals surface area contributed by atoms with Crippen LogP contribution < -0.4 is 15.4 Å². The molecule has 0 unspecified atom stereocenters. The Balaban J connectivity index is 1.71. The minimum atomic E-state index is -0.208. The summed E-state index contributed by atoms with van der Waals surface area (Å²) in [5.74, 6) is 1.64. The molecule has 0 bridgehead atoms. The number of ether oxygens (including phenoxy) is 1. The van der Waals surface area contributed by atoms with Gasteiger partial charge in [0.2, 0.25) is 0 Å². The Morgan fingerprint density at radius 1 is 1.03 bits per heavy atom. The zero-order valence-electron chi connectivity index (χ0n) is 20.8. The number of aryl methyl sites for hydroxylation is 1. The third kappa shape index (κ3) is 5.35. The molecule has 1 amide bonds. The van der Waals surface area contributed by atoms with E-state index in [1.165, 1.54) is 0 Å². The van der Waals surface area contributed by atoms with Crippen molar-refractivity contribution in [3.63, 3.8) is 0 Å². The van der Waals surface area contributed by atoms with Gasteiger partial charge in [-0.25, -0.2) is 9.67 Å². The van der Waals surface area contributed by atoms with E-state index in [4.69, 9.17) is 9.84 Å². The second-order valence-corrected chi connectivity index (χ2v) is 9.40. The highest BCUT2D eigenvalue weighted by Gasteiger charge is 2.24. The van der Waals surface area contributed by atoms with E-state index >= 15 is 0 Å². The number of nitrogens with zero attached hydrogens (tertiary/aromatic N) is 3. The summed E-state index contributed by atoms with van der Waals surface area (Å²) < 4.78 is 7.48. The van der Waals surface area contributed by atoms with Crippen LogP contribution in [-0.4, -0.2) is 27.8 Å². The zero-order chi connectivity index (χ0) is 25.0. The number of para-hydroxylation sites is 1. The first kappa shape index (κ1) is 24.0. The summed E-state index contributed by atoms with van der Waals surface area (Å²) in [7, 11) is 1.65.